The van der Waals surface area contributed by atoms with Gasteiger partial charge in [-0.05, 0) is 96.6 Å². The molecular formula is C47H23F6N5. The third kappa shape index (κ3) is 5.62. The van der Waals surface area contributed by atoms with Crippen LogP contribution in [0.3, 0.4) is 0 Å². The predicted molar refractivity (Wildman–Crippen MR) is 210 cm³/mol. The zero-order chi connectivity index (χ0) is 40.5. The maximum atomic E-state index is 14.6. The molecule has 0 aliphatic rings. The average molecular weight is 772 g/mol. The number of rotatable bonds is 4. The molecule has 0 saturated heterocycles. The van der Waals surface area contributed by atoms with E-state index in [4.69, 9.17) is 0 Å². The van der Waals surface area contributed by atoms with Crippen molar-refractivity contribution in [2.45, 2.75) is 12.4 Å². The lowest BCUT2D eigenvalue weighted by Gasteiger charge is -2.22. The Hall–Kier alpha value is -7.81. The molecule has 0 bridgehead atoms. The number of para-hydroxylation sites is 2. The van der Waals surface area contributed by atoms with E-state index in [9.17, 15) is 42.1 Å². The van der Waals surface area contributed by atoms with Crippen molar-refractivity contribution < 1.29 is 26.3 Å². The van der Waals surface area contributed by atoms with Crippen LogP contribution in [0.15, 0.2) is 140 Å². The summed E-state index contributed by atoms with van der Waals surface area (Å²) in [6.07, 6.45) is -10.3. The van der Waals surface area contributed by atoms with E-state index in [0.717, 1.165) is 33.3 Å². The zero-order valence-corrected chi connectivity index (χ0v) is 29.8. The average Bonchev–Trinajstić information content (AvgIpc) is 3.74. The maximum Gasteiger partial charge on any atom is 0.417 e. The van der Waals surface area contributed by atoms with E-state index >= 15 is 0 Å². The highest BCUT2D eigenvalue weighted by molar-refractivity contribution is 6.11. The molecule has 0 N–H and O–H groups in total. The van der Waals surface area contributed by atoms with Gasteiger partial charge in [-0.15, -0.1) is 0 Å². The first-order valence-electron chi connectivity index (χ1n) is 17.7. The van der Waals surface area contributed by atoms with Gasteiger partial charge < -0.3 is 9.13 Å². The summed E-state index contributed by atoms with van der Waals surface area (Å²) in [5.74, 6) is 0. The molecule has 2 heterocycles. The van der Waals surface area contributed by atoms with Crippen molar-refractivity contribution in [1.82, 2.24) is 9.13 Å². The van der Waals surface area contributed by atoms with Crippen molar-refractivity contribution in [3.05, 3.63) is 167 Å². The number of benzene rings is 7. The van der Waals surface area contributed by atoms with Crippen LogP contribution in [0.5, 0.6) is 0 Å². The fourth-order valence-corrected chi connectivity index (χ4v) is 8.05. The van der Waals surface area contributed by atoms with Gasteiger partial charge in [-0.1, -0.05) is 48.5 Å². The minimum atomic E-state index is -5.14. The zero-order valence-electron chi connectivity index (χ0n) is 29.8. The lowest BCUT2D eigenvalue weighted by atomic mass is 9.89. The van der Waals surface area contributed by atoms with Gasteiger partial charge >= 0.3 is 12.4 Å². The second-order valence-electron chi connectivity index (χ2n) is 13.7. The van der Waals surface area contributed by atoms with Crippen molar-refractivity contribution in [1.29, 1.82) is 15.8 Å². The number of nitrogens with zero attached hydrogens (tertiary/aromatic N) is 5. The molecule has 9 aromatic rings. The second kappa shape index (κ2) is 13.2. The second-order valence-corrected chi connectivity index (χ2v) is 13.7. The molecule has 278 valence electrons. The van der Waals surface area contributed by atoms with E-state index < -0.39 is 29.0 Å². The molecule has 11 heteroatoms. The van der Waals surface area contributed by atoms with Crippen LogP contribution >= 0.6 is 0 Å². The van der Waals surface area contributed by atoms with Gasteiger partial charge in [0.15, 0.2) is 0 Å². The molecule has 2 aromatic heterocycles. The van der Waals surface area contributed by atoms with Gasteiger partial charge in [-0.2, -0.15) is 42.1 Å². The van der Waals surface area contributed by atoms with E-state index in [1.165, 1.54) is 18.2 Å². The van der Waals surface area contributed by atoms with Gasteiger partial charge in [-0.3, -0.25) is 0 Å². The summed E-state index contributed by atoms with van der Waals surface area (Å²) in [4.78, 5) is 0. The lowest BCUT2D eigenvalue weighted by Crippen LogP contribution is -2.14. The fourth-order valence-electron chi connectivity index (χ4n) is 8.05. The molecular weight excluding hydrogens is 749 g/mol. The Morgan fingerprint density at radius 1 is 0.431 bits per heavy atom. The molecule has 0 saturated carbocycles. The van der Waals surface area contributed by atoms with Crippen LogP contribution in [0.4, 0.5) is 26.3 Å². The van der Waals surface area contributed by atoms with Gasteiger partial charge in [0.25, 0.3) is 0 Å². The molecule has 58 heavy (non-hydrogen) atoms. The van der Waals surface area contributed by atoms with Crippen LogP contribution in [-0.2, 0) is 12.4 Å². The van der Waals surface area contributed by atoms with Gasteiger partial charge in [0.2, 0.25) is 0 Å². The van der Waals surface area contributed by atoms with Crippen LogP contribution in [0.1, 0.15) is 27.8 Å². The molecule has 0 spiro atoms. The lowest BCUT2D eigenvalue weighted by molar-refractivity contribution is -0.142. The quantitative estimate of drug-likeness (QED) is 0.167. The highest BCUT2D eigenvalue weighted by Gasteiger charge is 2.41. The van der Waals surface area contributed by atoms with Crippen molar-refractivity contribution in [2.75, 3.05) is 0 Å². The maximum absolute atomic E-state index is 14.6. The summed E-state index contributed by atoms with van der Waals surface area (Å²) in [6.45, 7) is 0. The number of alkyl halides is 6. The van der Waals surface area contributed by atoms with E-state index in [1.54, 1.807) is 60.7 Å². The molecule has 0 amide bonds. The predicted octanol–water partition coefficient (Wildman–Crippen LogP) is 12.9. The van der Waals surface area contributed by atoms with Crippen LogP contribution in [0.2, 0.25) is 0 Å². The van der Waals surface area contributed by atoms with Crippen molar-refractivity contribution >= 4 is 43.6 Å². The fraction of sp³-hybridized carbons (Fsp3) is 0.0426. The number of hydrogen-bond acceptors (Lipinski definition) is 3. The number of hydrogen-bond donors (Lipinski definition) is 0. The van der Waals surface area contributed by atoms with Crippen LogP contribution in [-0.4, -0.2) is 9.13 Å². The van der Waals surface area contributed by atoms with Crippen molar-refractivity contribution in [3.8, 4) is 51.8 Å². The molecule has 0 radical (unpaired) electrons. The van der Waals surface area contributed by atoms with Crippen molar-refractivity contribution in [2.24, 2.45) is 0 Å². The van der Waals surface area contributed by atoms with Crippen LogP contribution in [0.25, 0.3) is 77.2 Å². The van der Waals surface area contributed by atoms with E-state index in [-0.39, 0.29) is 22.3 Å². The van der Waals surface area contributed by atoms with Gasteiger partial charge in [-0.25, -0.2) is 0 Å². The number of aromatic nitrogens is 2. The Morgan fingerprint density at radius 3 is 1.52 bits per heavy atom. The molecule has 7 aromatic carbocycles. The van der Waals surface area contributed by atoms with Gasteiger partial charge in [0.1, 0.15) is 0 Å². The molecule has 0 aliphatic heterocycles. The van der Waals surface area contributed by atoms with Crippen LogP contribution in [0, 0.1) is 34.0 Å². The van der Waals surface area contributed by atoms with Crippen molar-refractivity contribution in [3.63, 3.8) is 0 Å². The minimum absolute atomic E-state index is 0.113. The highest BCUT2D eigenvalue weighted by atomic mass is 19.4. The number of halogens is 6. The molecule has 0 unspecified atom stereocenters. The first-order valence-corrected chi connectivity index (χ1v) is 17.7. The normalized spacial score (nSPS) is 11.9. The third-order valence-electron chi connectivity index (χ3n) is 10.5. The van der Waals surface area contributed by atoms with Gasteiger partial charge in [0, 0.05) is 43.9 Å². The highest BCUT2D eigenvalue weighted by Crippen LogP contribution is 2.47. The monoisotopic (exact) mass is 771 g/mol. The summed E-state index contributed by atoms with van der Waals surface area (Å²) < 4.78 is 91.4. The first kappa shape index (κ1) is 35.9. The Balaban J connectivity index is 1.41. The summed E-state index contributed by atoms with van der Waals surface area (Å²) in [5.41, 5.74) is 0.739. The SMILES string of the molecule is N#Cc1ccc2c(c1)c1ccccc1n2-c1ccc(C#N)c(-c2cc(-c3c(C(F)(F)F)cccc3C(F)(F)F)ccc2-n2c3ccccc3c3cc(C#N)ccc32)c1. The molecule has 5 nitrogen and oxygen atoms in total. The minimum Gasteiger partial charge on any atom is -0.309 e. The first-order chi connectivity index (χ1) is 27.9. The Labute approximate surface area is 325 Å². The Kier molecular flexibility index (Phi) is 8.13. The van der Waals surface area contributed by atoms with E-state index in [0.29, 0.717) is 51.1 Å². The van der Waals surface area contributed by atoms with E-state index in [1.807, 2.05) is 51.6 Å². The Morgan fingerprint density at radius 2 is 0.966 bits per heavy atom. The standard InChI is InChI=1S/C47H23F6N5/c48-46(49,50)38-8-5-9-39(47(51,52)53)45(38)29-15-19-44(58-41-11-4-2-7-33(41)36-21-28(25-55)13-18-43(36)58)37(22-29)34-23-31(16-14-30(34)26-56)57-40-10-3-1-6-32(40)35-20-27(24-54)12-17-42(35)57/h1-23H. The number of fused-ring (bicyclic) bond motifs is 6. The molecule has 0 fully saturated rings. The van der Waals surface area contributed by atoms with E-state index in [2.05, 4.69) is 18.2 Å². The smallest absolute Gasteiger partial charge is 0.309 e. The van der Waals surface area contributed by atoms with Crippen LogP contribution < -0.4 is 0 Å². The Bertz CT molecular complexity index is 3280. The molecule has 0 atom stereocenters. The molecule has 9 rings (SSSR count). The third-order valence-corrected chi connectivity index (χ3v) is 10.5. The summed E-state index contributed by atoms with van der Waals surface area (Å²) >= 11 is 0. The summed E-state index contributed by atoms with van der Waals surface area (Å²) in [6, 6.07) is 42.7. The molecule has 0 aliphatic carbocycles. The summed E-state index contributed by atoms with van der Waals surface area (Å²) in [7, 11) is 0. The topological polar surface area (TPSA) is 81.2 Å². The van der Waals surface area contributed by atoms with Gasteiger partial charge in [0.05, 0.1) is 73.8 Å². The number of nitriles is 3. The largest absolute Gasteiger partial charge is 0.417 e. The summed E-state index contributed by atoms with van der Waals surface area (Å²) in [5, 5.41) is 33.1.